The lowest BCUT2D eigenvalue weighted by molar-refractivity contribution is -0.123. The van der Waals surface area contributed by atoms with E-state index >= 15 is 0 Å². The Bertz CT molecular complexity index is 627. The van der Waals surface area contributed by atoms with Gasteiger partial charge in [-0.2, -0.15) is 0 Å². The van der Waals surface area contributed by atoms with E-state index in [0.717, 1.165) is 6.26 Å². The SMILES string of the molecule is C[C@H](NC(=O)C(C)(C)S(C)(=O)=O)c1ccc(Cl)cc1Cl. The van der Waals surface area contributed by atoms with Gasteiger partial charge in [0.2, 0.25) is 5.91 Å². The van der Waals surface area contributed by atoms with E-state index in [1.165, 1.54) is 13.8 Å². The van der Waals surface area contributed by atoms with Crippen molar-refractivity contribution in [2.24, 2.45) is 0 Å². The van der Waals surface area contributed by atoms with Crippen LogP contribution in [0.5, 0.6) is 0 Å². The Balaban J connectivity index is 2.96. The van der Waals surface area contributed by atoms with Gasteiger partial charge in [-0.25, -0.2) is 8.42 Å². The molecule has 0 aliphatic carbocycles. The first-order valence-electron chi connectivity index (χ1n) is 5.92. The summed E-state index contributed by atoms with van der Waals surface area (Å²) in [6, 6.07) is 4.51. The second-order valence-corrected chi connectivity index (χ2v) is 8.55. The zero-order valence-corrected chi connectivity index (χ0v) is 14.0. The van der Waals surface area contributed by atoms with E-state index in [0.29, 0.717) is 15.6 Å². The van der Waals surface area contributed by atoms with Crippen LogP contribution in [0.2, 0.25) is 10.0 Å². The molecule has 1 rings (SSSR count). The Kier molecular flexibility index (Phi) is 5.11. The van der Waals surface area contributed by atoms with Gasteiger partial charge in [0.25, 0.3) is 0 Å². The molecule has 1 N–H and O–H groups in total. The monoisotopic (exact) mass is 337 g/mol. The van der Waals surface area contributed by atoms with Crippen LogP contribution in [0.25, 0.3) is 0 Å². The lowest BCUT2D eigenvalue weighted by atomic mass is 10.1. The maximum Gasteiger partial charge on any atom is 0.241 e. The molecule has 1 amide bonds. The Morgan fingerprint density at radius 3 is 2.30 bits per heavy atom. The van der Waals surface area contributed by atoms with Gasteiger partial charge in [0.05, 0.1) is 6.04 Å². The van der Waals surface area contributed by atoms with E-state index in [1.54, 1.807) is 25.1 Å². The molecule has 0 saturated carbocycles. The summed E-state index contributed by atoms with van der Waals surface area (Å²) in [5, 5.41) is 3.57. The number of carbonyl (C=O) groups excluding carboxylic acids is 1. The van der Waals surface area contributed by atoms with Crippen LogP contribution in [-0.2, 0) is 14.6 Å². The number of carbonyl (C=O) groups is 1. The maximum absolute atomic E-state index is 12.1. The van der Waals surface area contributed by atoms with Crippen LogP contribution in [0.1, 0.15) is 32.4 Å². The molecule has 0 spiro atoms. The highest BCUT2D eigenvalue weighted by molar-refractivity contribution is 7.92. The van der Waals surface area contributed by atoms with Crippen molar-refractivity contribution in [3.05, 3.63) is 33.8 Å². The summed E-state index contributed by atoms with van der Waals surface area (Å²) in [7, 11) is -3.51. The highest BCUT2D eigenvalue weighted by Gasteiger charge is 2.39. The summed E-state index contributed by atoms with van der Waals surface area (Å²) in [4.78, 5) is 12.1. The van der Waals surface area contributed by atoms with E-state index < -0.39 is 26.5 Å². The van der Waals surface area contributed by atoms with E-state index in [2.05, 4.69) is 5.32 Å². The van der Waals surface area contributed by atoms with Gasteiger partial charge in [0, 0.05) is 16.3 Å². The van der Waals surface area contributed by atoms with Crippen LogP contribution < -0.4 is 5.32 Å². The van der Waals surface area contributed by atoms with Crippen molar-refractivity contribution in [3.8, 4) is 0 Å². The predicted molar refractivity (Wildman–Crippen MR) is 81.9 cm³/mol. The molecule has 4 nitrogen and oxygen atoms in total. The van der Waals surface area contributed by atoms with Crippen molar-refractivity contribution >= 4 is 38.9 Å². The Labute approximate surface area is 129 Å². The minimum atomic E-state index is -3.51. The zero-order valence-electron chi connectivity index (χ0n) is 11.7. The van der Waals surface area contributed by atoms with Crippen molar-refractivity contribution in [2.45, 2.75) is 31.6 Å². The summed E-state index contributed by atoms with van der Waals surface area (Å²) in [6.07, 6.45) is 1.03. The van der Waals surface area contributed by atoms with Crippen molar-refractivity contribution in [2.75, 3.05) is 6.26 Å². The van der Waals surface area contributed by atoms with Crippen molar-refractivity contribution in [1.82, 2.24) is 5.32 Å². The molecule has 0 heterocycles. The lowest BCUT2D eigenvalue weighted by Gasteiger charge is -2.24. The molecule has 0 fully saturated rings. The van der Waals surface area contributed by atoms with Gasteiger partial charge < -0.3 is 5.32 Å². The summed E-state index contributed by atoms with van der Waals surface area (Å²) in [5.74, 6) is -0.571. The fourth-order valence-corrected chi connectivity index (χ4v) is 2.44. The second-order valence-electron chi connectivity index (χ2n) is 5.14. The number of benzene rings is 1. The minimum Gasteiger partial charge on any atom is -0.348 e. The van der Waals surface area contributed by atoms with Crippen molar-refractivity contribution in [3.63, 3.8) is 0 Å². The lowest BCUT2D eigenvalue weighted by Crippen LogP contribution is -2.48. The maximum atomic E-state index is 12.1. The molecule has 0 radical (unpaired) electrons. The van der Waals surface area contributed by atoms with Gasteiger partial charge in [-0.05, 0) is 38.5 Å². The molecule has 0 saturated heterocycles. The third kappa shape index (κ3) is 3.65. The Morgan fingerprint density at radius 2 is 1.85 bits per heavy atom. The largest absolute Gasteiger partial charge is 0.348 e. The van der Waals surface area contributed by atoms with Gasteiger partial charge in [-0.15, -0.1) is 0 Å². The molecule has 20 heavy (non-hydrogen) atoms. The molecular weight excluding hydrogens is 321 g/mol. The molecule has 7 heteroatoms. The number of amides is 1. The van der Waals surface area contributed by atoms with E-state index in [4.69, 9.17) is 23.2 Å². The molecule has 112 valence electrons. The predicted octanol–water partition coefficient (Wildman–Crippen LogP) is 2.99. The Hall–Kier alpha value is -0.780. The van der Waals surface area contributed by atoms with Crippen LogP contribution in [-0.4, -0.2) is 25.3 Å². The van der Waals surface area contributed by atoms with Gasteiger partial charge in [-0.3, -0.25) is 4.79 Å². The average molecular weight is 338 g/mol. The number of rotatable bonds is 4. The number of nitrogens with one attached hydrogen (secondary N) is 1. The van der Waals surface area contributed by atoms with Crippen molar-refractivity contribution in [1.29, 1.82) is 0 Å². The molecule has 1 aromatic carbocycles. The van der Waals surface area contributed by atoms with Gasteiger partial charge in [0.1, 0.15) is 4.75 Å². The van der Waals surface area contributed by atoms with Gasteiger partial charge >= 0.3 is 0 Å². The van der Waals surface area contributed by atoms with Crippen LogP contribution in [0.15, 0.2) is 18.2 Å². The van der Waals surface area contributed by atoms with Gasteiger partial charge in [0.15, 0.2) is 9.84 Å². The topological polar surface area (TPSA) is 63.2 Å². The van der Waals surface area contributed by atoms with Crippen LogP contribution in [0.3, 0.4) is 0 Å². The van der Waals surface area contributed by atoms with E-state index in [9.17, 15) is 13.2 Å². The zero-order chi connectivity index (χ0) is 15.7. The van der Waals surface area contributed by atoms with Gasteiger partial charge in [-0.1, -0.05) is 29.3 Å². The molecule has 1 atom stereocenters. The van der Waals surface area contributed by atoms with Crippen LogP contribution in [0.4, 0.5) is 0 Å². The number of hydrogen-bond acceptors (Lipinski definition) is 3. The highest BCUT2D eigenvalue weighted by Crippen LogP contribution is 2.27. The molecule has 0 bridgehead atoms. The van der Waals surface area contributed by atoms with Crippen LogP contribution in [0, 0.1) is 0 Å². The summed E-state index contributed by atoms with van der Waals surface area (Å²) >= 11 is 11.9. The quantitative estimate of drug-likeness (QED) is 0.918. The summed E-state index contributed by atoms with van der Waals surface area (Å²) < 4.78 is 21.7. The smallest absolute Gasteiger partial charge is 0.241 e. The number of sulfone groups is 1. The summed E-state index contributed by atoms with van der Waals surface area (Å²) in [5.41, 5.74) is 0.675. The highest BCUT2D eigenvalue weighted by atomic mass is 35.5. The minimum absolute atomic E-state index is 0.419. The molecule has 0 aromatic heterocycles. The first-order valence-corrected chi connectivity index (χ1v) is 8.57. The molecule has 0 unspecified atom stereocenters. The summed E-state index contributed by atoms with van der Waals surface area (Å²) in [6.45, 7) is 4.47. The number of hydrogen-bond donors (Lipinski definition) is 1. The standard InChI is InChI=1S/C13H17Cl2NO3S/c1-8(10-6-5-9(14)7-11(10)15)16-12(17)13(2,3)20(4,18)19/h5-8H,1-4H3,(H,16,17)/t8-/m0/s1. The first-order chi connectivity index (χ1) is 8.96. The van der Waals surface area contributed by atoms with Crippen LogP contribution >= 0.6 is 23.2 Å². The molecule has 0 aliphatic rings. The third-order valence-corrected chi connectivity index (χ3v) is 5.85. The molecular formula is C13H17Cl2NO3S. The fourth-order valence-electron chi connectivity index (χ4n) is 1.47. The normalized spacial score (nSPS) is 13.9. The second kappa shape index (κ2) is 5.92. The first kappa shape index (κ1) is 17.3. The average Bonchev–Trinajstić information content (AvgIpc) is 2.26. The molecule has 1 aromatic rings. The third-order valence-electron chi connectivity index (χ3n) is 3.25. The van der Waals surface area contributed by atoms with Crippen molar-refractivity contribution < 1.29 is 13.2 Å². The fraction of sp³-hybridized carbons (Fsp3) is 0.462. The van der Waals surface area contributed by atoms with E-state index in [-0.39, 0.29) is 0 Å². The Morgan fingerprint density at radius 1 is 1.30 bits per heavy atom. The number of halogens is 2. The molecule has 0 aliphatic heterocycles. The van der Waals surface area contributed by atoms with E-state index in [1.807, 2.05) is 0 Å².